The van der Waals surface area contributed by atoms with Gasteiger partial charge in [0.25, 0.3) is 0 Å². The van der Waals surface area contributed by atoms with Crippen molar-refractivity contribution in [1.29, 1.82) is 0 Å². The van der Waals surface area contributed by atoms with E-state index in [2.05, 4.69) is 41.4 Å². The van der Waals surface area contributed by atoms with Crippen LogP contribution in [-0.4, -0.2) is 9.97 Å². The summed E-state index contributed by atoms with van der Waals surface area (Å²) in [5.74, 6) is 0. The van der Waals surface area contributed by atoms with Crippen LogP contribution in [0.15, 0.2) is 23.7 Å². The van der Waals surface area contributed by atoms with Crippen LogP contribution in [0, 0.1) is 0 Å². The summed E-state index contributed by atoms with van der Waals surface area (Å²) in [4.78, 5) is 8.64. The fourth-order valence-electron chi connectivity index (χ4n) is 1.44. The van der Waals surface area contributed by atoms with Gasteiger partial charge in [0.2, 0.25) is 0 Å². The maximum absolute atomic E-state index is 5.98. The van der Waals surface area contributed by atoms with Gasteiger partial charge in [0.15, 0.2) is 5.15 Å². The van der Waals surface area contributed by atoms with Gasteiger partial charge in [-0.05, 0) is 12.1 Å². The van der Waals surface area contributed by atoms with Crippen molar-refractivity contribution in [1.82, 2.24) is 9.97 Å². The molecule has 0 spiro atoms. The molecule has 2 heterocycles. The van der Waals surface area contributed by atoms with E-state index in [4.69, 9.17) is 11.6 Å². The van der Waals surface area contributed by atoms with Gasteiger partial charge < -0.3 is 5.32 Å². The van der Waals surface area contributed by atoms with Gasteiger partial charge in [-0.3, -0.25) is 0 Å². The zero-order valence-corrected chi connectivity index (χ0v) is 12.3. The minimum Gasteiger partial charge on any atom is -0.377 e. The molecule has 0 atom stereocenters. The van der Waals surface area contributed by atoms with Crippen LogP contribution in [0.3, 0.4) is 0 Å². The molecular weight excluding hydrogens is 266 g/mol. The lowest BCUT2D eigenvalue weighted by Crippen LogP contribution is -2.11. The van der Waals surface area contributed by atoms with Gasteiger partial charge in [-0.15, -0.1) is 11.3 Å². The Kier molecular flexibility index (Phi) is 3.88. The second kappa shape index (κ2) is 5.24. The smallest absolute Gasteiger partial charge is 0.152 e. The highest BCUT2D eigenvalue weighted by Gasteiger charge is 2.17. The first kappa shape index (κ1) is 13.3. The number of rotatable bonds is 3. The molecule has 0 unspecified atom stereocenters. The Bertz CT molecular complexity index is 531. The highest BCUT2D eigenvalue weighted by atomic mass is 35.5. The summed E-state index contributed by atoms with van der Waals surface area (Å²) in [6.45, 7) is 7.17. The Labute approximate surface area is 116 Å². The lowest BCUT2D eigenvalue weighted by Gasteiger charge is -2.13. The van der Waals surface area contributed by atoms with Crippen LogP contribution >= 0.6 is 22.9 Å². The largest absolute Gasteiger partial charge is 0.377 e. The zero-order valence-electron chi connectivity index (χ0n) is 10.7. The number of pyridine rings is 1. The summed E-state index contributed by atoms with van der Waals surface area (Å²) < 4.78 is 0. The average Bonchev–Trinajstić information content (AvgIpc) is 2.76. The van der Waals surface area contributed by atoms with Gasteiger partial charge in [0.05, 0.1) is 22.9 Å². The maximum Gasteiger partial charge on any atom is 0.152 e. The molecule has 1 N–H and O–H groups in total. The van der Waals surface area contributed by atoms with Crippen LogP contribution in [0.1, 0.15) is 31.5 Å². The first-order valence-corrected chi connectivity index (χ1v) is 7.02. The van der Waals surface area contributed by atoms with E-state index in [-0.39, 0.29) is 5.41 Å². The Hall–Kier alpha value is -1.13. The summed E-state index contributed by atoms with van der Waals surface area (Å²) in [7, 11) is 0. The molecule has 0 aliphatic rings. The summed E-state index contributed by atoms with van der Waals surface area (Å²) in [5, 5.41) is 6.96. The van der Waals surface area contributed by atoms with Crippen LogP contribution in [0.25, 0.3) is 0 Å². The number of hydrogen-bond donors (Lipinski definition) is 1. The minimum atomic E-state index is 0.106. The minimum absolute atomic E-state index is 0.106. The Morgan fingerprint density at radius 1 is 1.39 bits per heavy atom. The number of hydrogen-bond acceptors (Lipinski definition) is 4. The molecule has 96 valence electrons. The van der Waals surface area contributed by atoms with Gasteiger partial charge in [-0.2, -0.15) is 0 Å². The highest BCUT2D eigenvalue weighted by molar-refractivity contribution is 7.09. The van der Waals surface area contributed by atoms with E-state index in [0.717, 1.165) is 16.4 Å². The van der Waals surface area contributed by atoms with Crippen LogP contribution < -0.4 is 5.32 Å². The molecule has 0 bridgehead atoms. The van der Waals surface area contributed by atoms with Crippen molar-refractivity contribution < 1.29 is 0 Å². The van der Waals surface area contributed by atoms with E-state index in [1.807, 2.05) is 12.1 Å². The van der Waals surface area contributed by atoms with Crippen molar-refractivity contribution in [3.05, 3.63) is 39.6 Å². The van der Waals surface area contributed by atoms with Crippen molar-refractivity contribution in [2.45, 2.75) is 32.7 Å². The lowest BCUT2D eigenvalue weighted by molar-refractivity contribution is 0.583. The first-order valence-electron chi connectivity index (χ1n) is 5.76. The number of halogens is 1. The summed E-state index contributed by atoms with van der Waals surface area (Å²) >= 11 is 7.67. The lowest BCUT2D eigenvalue weighted by atomic mass is 9.98. The molecule has 0 saturated heterocycles. The molecule has 0 aliphatic heterocycles. The monoisotopic (exact) mass is 281 g/mol. The quantitative estimate of drug-likeness (QED) is 0.861. The molecule has 18 heavy (non-hydrogen) atoms. The van der Waals surface area contributed by atoms with E-state index in [9.17, 15) is 0 Å². The van der Waals surface area contributed by atoms with Crippen molar-refractivity contribution in [3.63, 3.8) is 0 Å². The Morgan fingerprint density at radius 3 is 2.78 bits per heavy atom. The molecule has 2 aromatic rings. The third kappa shape index (κ3) is 3.21. The normalized spacial score (nSPS) is 11.6. The van der Waals surface area contributed by atoms with Gasteiger partial charge in [-0.25, -0.2) is 9.97 Å². The summed E-state index contributed by atoms with van der Waals surface area (Å²) in [6, 6.07) is 3.77. The average molecular weight is 282 g/mol. The highest BCUT2D eigenvalue weighted by Crippen LogP contribution is 2.26. The van der Waals surface area contributed by atoms with Gasteiger partial charge in [-0.1, -0.05) is 32.4 Å². The third-order valence-electron chi connectivity index (χ3n) is 2.41. The van der Waals surface area contributed by atoms with Crippen molar-refractivity contribution >= 4 is 28.6 Å². The third-order valence-corrected chi connectivity index (χ3v) is 4.03. The first-order chi connectivity index (χ1) is 8.47. The molecule has 5 heteroatoms. The zero-order chi connectivity index (χ0) is 13.2. The van der Waals surface area contributed by atoms with Crippen LogP contribution in [0.5, 0.6) is 0 Å². The van der Waals surface area contributed by atoms with Crippen molar-refractivity contribution in [2.24, 2.45) is 0 Å². The van der Waals surface area contributed by atoms with E-state index in [1.165, 1.54) is 0 Å². The van der Waals surface area contributed by atoms with Crippen LogP contribution in [-0.2, 0) is 12.0 Å². The van der Waals surface area contributed by atoms with Gasteiger partial charge >= 0.3 is 0 Å². The molecule has 0 radical (unpaired) electrons. The van der Waals surface area contributed by atoms with Crippen molar-refractivity contribution in [3.8, 4) is 0 Å². The fourth-order valence-corrected chi connectivity index (χ4v) is 2.53. The van der Waals surface area contributed by atoms with Crippen molar-refractivity contribution in [2.75, 3.05) is 5.32 Å². The second-order valence-electron chi connectivity index (χ2n) is 5.09. The number of nitrogens with zero attached hydrogens (tertiary/aromatic N) is 2. The van der Waals surface area contributed by atoms with Gasteiger partial charge in [0, 0.05) is 17.0 Å². The number of thiazole rings is 1. The number of nitrogens with one attached hydrogen (secondary N) is 1. The summed E-state index contributed by atoms with van der Waals surface area (Å²) in [6.07, 6.45) is 1.67. The summed E-state index contributed by atoms with van der Waals surface area (Å²) in [5.41, 5.74) is 1.98. The predicted octanol–water partition coefficient (Wildman–Crippen LogP) is 4.10. The Morgan fingerprint density at radius 2 is 2.17 bits per heavy atom. The van der Waals surface area contributed by atoms with Crippen LogP contribution in [0.4, 0.5) is 5.69 Å². The molecule has 0 fully saturated rings. The topological polar surface area (TPSA) is 37.8 Å². The predicted molar refractivity (Wildman–Crippen MR) is 77.4 cm³/mol. The molecule has 0 amide bonds. The molecule has 0 aromatic carbocycles. The maximum atomic E-state index is 5.98. The molecule has 2 aromatic heterocycles. The van der Waals surface area contributed by atoms with Crippen LogP contribution in [0.2, 0.25) is 5.15 Å². The Balaban J connectivity index is 2.03. The second-order valence-corrected chi connectivity index (χ2v) is 6.31. The van der Waals surface area contributed by atoms with Gasteiger partial charge in [0.1, 0.15) is 0 Å². The standard InChI is InChI=1S/C13H16ClN3S/c1-13(2,3)12-17-9(8-18-12)7-16-10-5-4-6-15-11(10)14/h4-6,8,16H,7H2,1-3H3. The SMILES string of the molecule is CC(C)(C)c1nc(CNc2cccnc2Cl)cs1. The van der Waals surface area contributed by atoms with E-state index in [0.29, 0.717) is 11.7 Å². The molecule has 0 aliphatic carbocycles. The van der Waals surface area contributed by atoms with E-state index in [1.54, 1.807) is 17.5 Å². The number of aromatic nitrogens is 2. The molecular formula is C13H16ClN3S. The molecule has 2 rings (SSSR count). The number of anilines is 1. The van der Waals surface area contributed by atoms with E-state index >= 15 is 0 Å². The molecule has 0 saturated carbocycles. The molecule has 3 nitrogen and oxygen atoms in total. The van der Waals surface area contributed by atoms with E-state index < -0.39 is 0 Å². The fraction of sp³-hybridized carbons (Fsp3) is 0.385.